The van der Waals surface area contributed by atoms with Crippen LogP contribution in [0.1, 0.15) is 108 Å². The highest BCUT2D eigenvalue weighted by molar-refractivity contribution is 5.97. The number of esters is 1. The number of rotatable bonds is 22. The first-order valence-electron chi connectivity index (χ1n) is 20.7. The van der Waals surface area contributed by atoms with Crippen molar-refractivity contribution in [2.24, 2.45) is 23.7 Å². The van der Waals surface area contributed by atoms with Crippen LogP contribution >= 0.6 is 0 Å². The van der Waals surface area contributed by atoms with Gasteiger partial charge in [-0.05, 0) is 76.7 Å². The molecule has 1 rings (SSSR count). The molecule has 0 saturated heterocycles. The van der Waals surface area contributed by atoms with Crippen molar-refractivity contribution in [2.75, 3.05) is 7.11 Å². The number of methoxy groups -OCH3 is 1. The first-order valence-corrected chi connectivity index (χ1v) is 20.7. The lowest BCUT2D eigenvalue weighted by Gasteiger charge is -2.29. The summed E-state index contributed by atoms with van der Waals surface area (Å²) in [5, 5.41) is 18.6. The van der Waals surface area contributed by atoms with Crippen LogP contribution in [-0.4, -0.2) is 103 Å². The Hall–Kier alpha value is -5.22. The van der Waals surface area contributed by atoms with Crippen molar-refractivity contribution in [1.29, 1.82) is 0 Å². The van der Waals surface area contributed by atoms with Gasteiger partial charge in [-0.2, -0.15) is 0 Å². The molecule has 1 aromatic carbocycles. The van der Waals surface area contributed by atoms with Crippen molar-refractivity contribution in [3.8, 4) is 0 Å². The van der Waals surface area contributed by atoms with Gasteiger partial charge < -0.3 is 46.7 Å². The van der Waals surface area contributed by atoms with Gasteiger partial charge >= 0.3 is 12.1 Å². The minimum absolute atomic E-state index is 0.0322. The van der Waals surface area contributed by atoms with Gasteiger partial charge in [-0.3, -0.25) is 28.8 Å². The van der Waals surface area contributed by atoms with Crippen molar-refractivity contribution < 1.29 is 47.8 Å². The molecule has 0 fully saturated rings. The lowest BCUT2D eigenvalue weighted by Crippen LogP contribution is -2.61. The maximum absolute atomic E-state index is 14.0. The zero-order valence-corrected chi connectivity index (χ0v) is 37.9. The average molecular weight is 846 g/mol. The fourth-order valence-corrected chi connectivity index (χ4v) is 5.95. The molecule has 0 aliphatic rings. The van der Waals surface area contributed by atoms with Crippen LogP contribution < -0.4 is 37.2 Å². The van der Waals surface area contributed by atoms with E-state index in [0.717, 1.165) is 0 Å². The molecule has 0 aliphatic carbocycles. The Bertz CT molecular complexity index is 1610. The number of ether oxygens (including phenoxy) is 2. The summed E-state index contributed by atoms with van der Waals surface area (Å²) in [6, 6.07) is 1.30. The normalized spacial score (nSPS) is 15.0. The zero-order chi connectivity index (χ0) is 46.1. The number of carbonyl (C=O) groups excluding carboxylic acids is 8. The smallest absolute Gasteiger partial charge is 0.408 e. The van der Waals surface area contributed by atoms with Gasteiger partial charge in [-0.15, -0.1) is 0 Å². The van der Waals surface area contributed by atoms with E-state index in [4.69, 9.17) is 9.47 Å². The molecule has 0 bridgehead atoms. The van der Waals surface area contributed by atoms with Crippen LogP contribution in [0.15, 0.2) is 30.3 Å². The summed E-state index contributed by atoms with van der Waals surface area (Å²) in [6.45, 7) is 22.3. The minimum Gasteiger partial charge on any atom is -0.467 e. The molecular weight excluding hydrogens is 775 g/mol. The fraction of sp³-hybridized carbons (Fsp3) is 0.674. The standard InChI is InChI=1S/C43H71N7O10/c1-23(2)20-30(46-35(51)27(9)45-40(56)34(26(7)8)50-42(58)60-43(11,12)13)37(53)47-31(22-29-18-16-15-17-19-29)38(54)49-33(25(5)6)39(55)44-28(10)36(52)48-32(21-24(3)4)41(57)59-14/h15-19,23-28,30-34H,20-22H2,1-14H3,(H,44,55)(H,45,56)(H,46,51)(H,47,53)(H,48,52)(H,49,54)(H,50,58)/t27-,28-,30-,31-,32-,33-,34-/m0/s1. The van der Waals surface area contributed by atoms with Crippen LogP contribution in [0.25, 0.3) is 0 Å². The van der Waals surface area contributed by atoms with Gasteiger partial charge in [-0.25, -0.2) is 9.59 Å². The van der Waals surface area contributed by atoms with Gasteiger partial charge in [-0.1, -0.05) is 85.7 Å². The Morgan fingerprint density at radius 2 is 0.933 bits per heavy atom. The van der Waals surface area contributed by atoms with E-state index in [0.29, 0.717) is 12.0 Å². The third-order valence-electron chi connectivity index (χ3n) is 9.14. The third kappa shape index (κ3) is 19.2. The number of amides is 7. The van der Waals surface area contributed by atoms with E-state index in [2.05, 4.69) is 37.2 Å². The third-order valence-corrected chi connectivity index (χ3v) is 9.14. The van der Waals surface area contributed by atoms with Gasteiger partial charge in [0.15, 0.2) is 0 Å². The number of alkyl carbamates (subject to hydrolysis) is 1. The molecule has 60 heavy (non-hydrogen) atoms. The van der Waals surface area contributed by atoms with E-state index in [9.17, 15) is 38.4 Å². The number of hydrogen-bond acceptors (Lipinski definition) is 10. The maximum atomic E-state index is 14.0. The van der Waals surface area contributed by atoms with Crippen LogP contribution in [0.3, 0.4) is 0 Å². The molecule has 17 nitrogen and oxygen atoms in total. The first-order chi connectivity index (χ1) is 27.8. The molecule has 0 aromatic heterocycles. The summed E-state index contributed by atoms with van der Waals surface area (Å²) in [7, 11) is 1.22. The summed E-state index contributed by atoms with van der Waals surface area (Å²) >= 11 is 0. The van der Waals surface area contributed by atoms with Gasteiger partial charge in [0.25, 0.3) is 0 Å². The van der Waals surface area contributed by atoms with Crippen molar-refractivity contribution in [3.63, 3.8) is 0 Å². The molecule has 1 aromatic rings. The van der Waals surface area contributed by atoms with E-state index in [-0.39, 0.29) is 30.6 Å². The Kier molecular flexibility index (Phi) is 21.8. The van der Waals surface area contributed by atoms with E-state index in [1.54, 1.807) is 78.8 Å². The number of benzene rings is 1. The number of hydrogen-bond donors (Lipinski definition) is 7. The van der Waals surface area contributed by atoms with Gasteiger partial charge in [0.1, 0.15) is 47.9 Å². The number of carbonyl (C=O) groups is 8. The lowest BCUT2D eigenvalue weighted by atomic mass is 9.99. The second-order valence-corrected chi connectivity index (χ2v) is 17.7. The molecule has 7 amide bonds. The van der Waals surface area contributed by atoms with Crippen molar-refractivity contribution in [1.82, 2.24) is 37.2 Å². The summed E-state index contributed by atoms with van der Waals surface area (Å²) in [5.41, 5.74) is -0.0901. The topological polar surface area (TPSA) is 239 Å². The highest BCUT2D eigenvalue weighted by Gasteiger charge is 2.35. The molecule has 0 heterocycles. The van der Waals surface area contributed by atoms with Crippen LogP contribution in [0, 0.1) is 23.7 Å². The van der Waals surface area contributed by atoms with Crippen molar-refractivity contribution in [3.05, 3.63) is 35.9 Å². The molecule has 0 unspecified atom stereocenters. The molecule has 0 radical (unpaired) electrons. The predicted molar refractivity (Wildman–Crippen MR) is 227 cm³/mol. The predicted octanol–water partition coefficient (Wildman–Crippen LogP) is 2.65. The Morgan fingerprint density at radius 3 is 1.37 bits per heavy atom. The summed E-state index contributed by atoms with van der Waals surface area (Å²) < 4.78 is 10.1. The molecular formula is C43H71N7O10. The Morgan fingerprint density at radius 1 is 0.517 bits per heavy atom. The van der Waals surface area contributed by atoms with Crippen LogP contribution in [0.2, 0.25) is 0 Å². The van der Waals surface area contributed by atoms with E-state index in [1.807, 2.05) is 27.7 Å². The van der Waals surface area contributed by atoms with Crippen LogP contribution in [-0.2, 0) is 49.5 Å². The van der Waals surface area contributed by atoms with Crippen LogP contribution in [0.5, 0.6) is 0 Å². The SMILES string of the molecule is COC(=O)[C@H](CC(C)C)NC(=O)[C@H](C)NC(=O)[C@@H](NC(=O)[C@H](Cc1ccccc1)NC(=O)[C@H](CC(C)C)NC(=O)[C@H](C)NC(=O)[C@@H](NC(=O)OC(C)(C)C)C(C)C)C(C)C. The van der Waals surface area contributed by atoms with Crippen molar-refractivity contribution in [2.45, 2.75) is 157 Å². The van der Waals surface area contributed by atoms with Gasteiger partial charge in [0.05, 0.1) is 7.11 Å². The molecule has 7 N–H and O–H groups in total. The maximum Gasteiger partial charge on any atom is 0.408 e. The quantitative estimate of drug-likeness (QED) is 0.0843. The largest absolute Gasteiger partial charge is 0.467 e. The molecule has 17 heteroatoms. The number of nitrogens with one attached hydrogen (secondary N) is 7. The molecule has 0 spiro atoms. The second kappa shape index (κ2) is 24.8. The second-order valence-electron chi connectivity index (χ2n) is 17.7. The molecule has 7 atom stereocenters. The highest BCUT2D eigenvalue weighted by atomic mass is 16.6. The minimum atomic E-state index is -1.21. The Balaban J connectivity index is 3.25. The highest BCUT2D eigenvalue weighted by Crippen LogP contribution is 2.13. The van der Waals surface area contributed by atoms with E-state index >= 15 is 0 Å². The monoisotopic (exact) mass is 846 g/mol. The van der Waals surface area contributed by atoms with Gasteiger partial charge in [0, 0.05) is 6.42 Å². The first kappa shape index (κ1) is 52.8. The Labute approximate surface area is 355 Å². The fourth-order valence-electron chi connectivity index (χ4n) is 5.95. The summed E-state index contributed by atoms with van der Waals surface area (Å²) in [5.74, 6) is -5.39. The van der Waals surface area contributed by atoms with Gasteiger partial charge in [0.2, 0.25) is 35.4 Å². The van der Waals surface area contributed by atoms with Crippen LogP contribution in [0.4, 0.5) is 4.79 Å². The molecule has 0 aliphatic heterocycles. The van der Waals surface area contributed by atoms with Crippen molar-refractivity contribution >= 4 is 47.5 Å². The molecule has 0 saturated carbocycles. The van der Waals surface area contributed by atoms with E-state index in [1.165, 1.54) is 21.0 Å². The van der Waals surface area contributed by atoms with E-state index < -0.39 is 101 Å². The lowest BCUT2D eigenvalue weighted by molar-refractivity contribution is -0.145. The summed E-state index contributed by atoms with van der Waals surface area (Å²) in [4.78, 5) is 106. The average Bonchev–Trinajstić information content (AvgIpc) is 3.13. The molecule has 338 valence electrons. The summed E-state index contributed by atoms with van der Waals surface area (Å²) in [6.07, 6.45) is -0.257. The zero-order valence-electron chi connectivity index (χ0n) is 37.9.